The van der Waals surface area contributed by atoms with E-state index in [1.54, 1.807) is 6.21 Å². The van der Waals surface area contributed by atoms with Gasteiger partial charge >= 0.3 is 0 Å². The van der Waals surface area contributed by atoms with Crippen molar-refractivity contribution in [2.24, 2.45) is 10.2 Å². The quantitative estimate of drug-likeness (QED) is 0.600. The number of nitrogens with zero attached hydrogens (tertiary/aromatic N) is 2. The average Bonchev–Trinajstić information content (AvgIpc) is 2.19. The number of nitroso groups, excluding NO2 is 1. The van der Waals surface area contributed by atoms with E-state index in [0.717, 1.165) is 16.8 Å². The Kier molecular flexibility index (Phi) is 2.00. The number of allylic oxidation sites excluding steroid dienone is 1. The molecule has 0 saturated carbocycles. The molecule has 0 radical (unpaired) electrons. The van der Waals surface area contributed by atoms with E-state index in [1.807, 2.05) is 24.3 Å². The molecule has 13 heavy (non-hydrogen) atoms. The van der Waals surface area contributed by atoms with Gasteiger partial charge in [-0.05, 0) is 16.8 Å². The Morgan fingerprint density at radius 3 is 3.08 bits per heavy atom. The molecule has 1 aromatic rings. The molecule has 64 valence electrons. The molecule has 0 atom stereocenters. The molecular weight excluding hydrogens is 164 g/mol. The number of hydrogen-bond acceptors (Lipinski definition) is 3. The van der Waals surface area contributed by atoms with Gasteiger partial charge in [0.2, 0.25) is 0 Å². The Bertz CT molecular complexity index is 394. The van der Waals surface area contributed by atoms with Gasteiger partial charge in [-0.2, -0.15) is 0 Å². The van der Waals surface area contributed by atoms with Crippen LogP contribution in [0.15, 0.2) is 40.6 Å². The molecule has 0 unspecified atom stereocenters. The van der Waals surface area contributed by atoms with E-state index in [0.29, 0.717) is 6.42 Å². The largest absolute Gasteiger partial charge is 0.260 e. The lowest BCUT2D eigenvalue weighted by molar-refractivity contribution is 1.35. The first-order chi connectivity index (χ1) is 6.42. The first-order valence-corrected chi connectivity index (χ1v) is 4.05. The van der Waals surface area contributed by atoms with Crippen LogP contribution in [0, 0.1) is 4.91 Å². The standard InChI is InChI=1S/C10H8N2O/c13-12-7-8-5-6-11-10-4-2-1-3-9(8)10/h1-4,6-7H,5H2. The van der Waals surface area contributed by atoms with Crippen molar-refractivity contribution < 1.29 is 0 Å². The number of hydrogen-bond donors (Lipinski definition) is 0. The summed E-state index contributed by atoms with van der Waals surface area (Å²) >= 11 is 0. The van der Waals surface area contributed by atoms with Crippen molar-refractivity contribution in [2.45, 2.75) is 6.42 Å². The SMILES string of the molecule is O=NC=C1CC=Nc2ccccc21. The highest BCUT2D eigenvalue weighted by Gasteiger charge is 2.09. The molecule has 0 aromatic heterocycles. The summed E-state index contributed by atoms with van der Waals surface area (Å²) < 4.78 is 0. The number of benzene rings is 1. The molecule has 1 aliphatic rings. The minimum Gasteiger partial charge on any atom is -0.260 e. The fourth-order valence-corrected chi connectivity index (χ4v) is 1.40. The molecule has 1 heterocycles. The molecule has 0 amide bonds. The molecule has 0 spiro atoms. The maximum Gasteiger partial charge on any atom is 0.0757 e. The van der Waals surface area contributed by atoms with Gasteiger partial charge in [0.15, 0.2) is 0 Å². The molecule has 0 N–H and O–H groups in total. The minimum absolute atomic E-state index is 0.683. The van der Waals surface area contributed by atoms with Crippen LogP contribution in [0.3, 0.4) is 0 Å². The molecule has 3 heteroatoms. The third-order valence-electron chi connectivity index (χ3n) is 2.00. The predicted molar refractivity (Wildman–Crippen MR) is 53.0 cm³/mol. The van der Waals surface area contributed by atoms with Crippen LogP contribution in [-0.2, 0) is 0 Å². The molecule has 0 fully saturated rings. The highest BCUT2D eigenvalue weighted by molar-refractivity contribution is 5.89. The summed E-state index contributed by atoms with van der Waals surface area (Å²) in [6, 6.07) is 7.72. The maximum atomic E-state index is 10.1. The van der Waals surface area contributed by atoms with Gasteiger partial charge in [0.1, 0.15) is 0 Å². The highest BCUT2D eigenvalue weighted by Crippen LogP contribution is 2.31. The lowest BCUT2D eigenvalue weighted by Crippen LogP contribution is -1.92. The fraction of sp³-hybridized carbons (Fsp3) is 0.100. The number of fused-ring (bicyclic) bond motifs is 1. The minimum atomic E-state index is 0.683. The zero-order valence-corrected chi connectivity index (χ0v) is 6.97. The van der Waals surface area contributed by atoms with Gasteiger partial charge < -0.3 is 0 Å². The average molecular weight is 172 g/mol. The van der Waals surface area contributed by atoms with Crippen LogP contribution < -0.4 is 0 Å². The molecular formula is C10H8N2O. The van der Waals surface area contributed by atoms with Crippen molar-refractivity contribution in [2.75, 3.05) is 0 Å². The van der Waals surface area contributed by atoms with Crippen molar-refractivity contribution in [1.82, 2.24) is 0 Å². The topological polar surface area (TPSA) is 41.8 Å². The molecule has 3 nitrogen and oxygen atoms in total. The summed E-state index contributed by atoms with van der Waals surface area (Å²) in [6.45, 7) is 0. The third-order valence-corrected chi connectivity index (χ3v) is 2.00. The van der Waals surface area contributed by atoms with Gasteiger partial charge in [-0.1, -0.05) is 18.2 Å². The summed E-state index contributed by atoms with van der Waals surface area (Å²) in [7, 11) is 0. The highest BCUT2D eigenvalue weighted by atomic mass is 16.2. The van der Waals surface area contributed by atoms with E-state index in [4.69, 9.17) is 0 Å². The Balaban J connectivity index is 2.55. The van der Waals surface area contributed by atoms with Crippen molar-refractivity contribution in [3.8, 4) is 0 Å². The molecule has 0 saturated heterocycles. The van der Waals surface area contributed by atoms with Crippen LogP contribution in [-0.4, -0.2) is 6.21 Å². The van der Waals surface area contributed by atoms with Gasteiger partial charge in [-0.15, -0.1) is 4.91 Å². The Hall–Kier alpha value is -1.77. The molecule has 2 rings (SSSR count). The van der Waals surface area contributed by atoms with E-state index >= 15 is 0 Å². The van der Waals surface area contributed by atoms with Crippen molar-refractivity contribution in [3.63, 3.8) is 0 Å². The lowest BCUT2D eigenvalue weighted by Gasteiger charge is -2.11. The second kappa shape index (κ2) is 3.31. The first-order valence-electron chi connectivity index (χ1n) is 4.05. The molecule has 0 aliphatic carbocycles. The van der Waals surface area contributed by atoms with Crippen molar-refractivity contribution in [1.29, 1.82) is 0 Å². The Morgan fingerprint density at radius 1 is 1.38 bits per heavy atom. The number of para-hydroxylation sites is 1. The Morgan fingerprint density at radius 2 is 2.23 bits per heavy atom. The van der Waals surface area contributed by atoms with Crippen LogP contribution in [0.1, 0.15) is 12.0 Å². The van der Waals surface area contributed by atoms with E-state index in [1.165, 1.54) is 6.20 Å². The van der Waals surface area contributed by atoms with Crippen LogP contribution in [0.2, 0.25) is 0 Å². The van der Waals surface area contributed by atoms with Gasteiger partial charge in [0.25, 0.3) is 0 Å². The van der Waals surface area contributed by atoms with Crippen LogP contribution in [0.4, 0.5) is 5.69 Å². The van der Waals surface area contributed by atoms with Crippen LogP contribution in [0.25, 0.3) is 5.57 Å². The van der Waals surface area contributed by atoms with E-state index in [2.05, 4.69) is 10.2 Å². The summed E-state index contributed by atoms with van der Waals surface area (Å²) in [5, 5.41) is 2.78. The fourth-order valence-electron chi connectivity index (χ4n) is 1.40. The van der Waals surface area contributed by atoms with Crippen LogP contribution >= 0.6 is 0 Å². The summed E-state index contributed by atoms with van der Waals surface area (Å²) in [5.41, 5.74) is 2.84. The normalized spacial score (nSPS) is 17.1. The van der Waals surface area contributed by atoms with E-state index in [9.17, 15) is 4.91 Å². The van der Waals surface area contributed by atoms with Gasteiger partial charge in [0, 0.05) is 18.2 Å². The molecule has 1 aromatic carbocycles. The zero-order valence-electron chi connectivity index (χ0n) is 6.97. The van der Waals surface area contributed by atoms with Crippen LogP contribution in [0.5, 0.6) is 0 Å². The number of aliphatic imine (C=N–C) groups is 1. The summed E-state index contributed by atoms with van der Waals surface area (Å²) in [5.74, 6) is 0. The Labute approximate surface area is 75.8 Å². The maximum absolute atomic E-state index is 10.1. The van der Waals surface area contributed by atoms with Crippen molar-refractivity contribution in [3.05, 3.63) is 40.9 Å². The van der Waals surface area contributed by atoms with Gasteiger partial charge in [-0.3, -0.25) is 4.99 Å². The van der Waals surface area contributed by atoms with Gasteiger partial charge in [0.05, 0.1) is 11.9 Å². The summed E-state index contributed by atoms with van der Waals surface area (Å²) in [6.07, 6.45) is 3.83. The lowest BCUT2D eigenvalue weighted by atomic mass is 10.0. The molecule has 0 bridgehead atoms. The third kappa shape index (κ3) is 1.40. The van der Waals surface area contributed by atoms with Crippen molar-refractivity contribution >= 4 is 17.5 Å². The predicted octanol–water partition coefficient (Wildman–Crippen LogP) is 2.90. The first kappa shape index (κ1) is 7.86. The second-order valence-corrected chi connectivity index (χ2v) is 2.79. The van der Waals surface area contributed by atoms with E-state index < -0.39 is 0 Å². The van der Waals surface area contributed by atoms with E-state index in [-0.39, 0.29) is 0 Å². The number of rotatable bonds is 1. The monoisotopic (exact) mass is 172 g/mol. The smallest absolute Gasteiger partial charge is 0.0757 e. The zero-order chi connectivity index (χ0) is 9.10. The second-order valence-electron chi connectivity index (χ2n) is 2.79. The van der Waals surface area contributed by atoms with Gasteiger partial charge in [-0.25, -0.2) is 0 Å². The molecule has 1 aliphatic heterocycles. The summed E-state index contributed by atoms with van der Waals surface area (Å²) in [4.78, 5) is 14.3.